The summed E-state index contributed by atoms with van der Waals surface area (Å²) in [5.74, 6) is 1.03. The second-order valence-corrected chi connectivity index (χ2v) is 7.38. The molecule has 136 valence electrons. The van der Waals surface area contributed by atoms with Gasteiger partial charge in [0, 0.05) is 44.4 Å². The van der Waals surface area contributed by atoms with Crippen LogP contribution in [0.25, 0.3) is 0 Å². The normalized spacial score (nSPS) is 23.1. The van der Waals surface area contributed by atoms with Crippen LogP contribution in [-0.2, 0) is 14.4 Å². The van der Waals surface area contributed by atoms with Crippen molar-refractivity contribution >= 4 is 29.5 Å². The van der Waals surface area contributed by atoms with Crippen molar-refractivity contribution in [1.29, 1.82) is 0 Å². The third-order valence-corrected chi connectivity index (χ3v) is 5.80. The van der Waals surface area contributed by atoms with Gasteiger partial charge in [0.15, 0.2) is 0 Å². The molecule has 1 saturated heterocycles. The smallest absolute Gasteiger partial charge is 0.246 e. The van der Waals surface area contributed by atoms with E-state index in [2.05, 4.69) is 0 Å². The van der Waals surface area contributed by atoms with E-state index in [0.29, 0.717) is 44.2 Å². The van der Waals surface area contributed by atoms with Gasteiger partial charge in [-0.05, 0) is 17.2 Å². The van der Waals surface area contributed by atoms with Crippen LogP contribution in [0.15, 0.2) is 23.3 Å². The molecule has 0 aromatic carbocycles. The summed E-state index contributed by atoms with van der Waals surface area (Å²) in [5, 5.41) is 0. The van der Waals surface area contributed by atoms with Crippen LogP contribution in [0.1, 0.15) is 13.3 Å². The number of rotatable bonds is 4. The largest absolute Gasteiger partial charge is 0.333 e. The molecule has 6 nitrogen and oxygen atoms in total. The van der Waals surface area contributed by atoms with E-state index in [1.165, 1.54) is 12.2 Å². The van der Waals surface area contributed by atoms with Crippen LogP contribution >= 0.6 is 11.8 Å². The van der Waals surface area contributed by atoms with Gasteiger partial charge in [-0.25, -0.2) is 4.39 Å². The summed E-state index contributed by atoms with van der Waals surface area (Å²) in [5.41, 5.74) is 2.18. The van der Waals surface area contributed by atoms with Crippen molar-refractivity contribution < 1.29 is 18.8 Å². The van der Waals surface area contributed by atoms with Crippen LogP contribution < -0.4 is 0 Å². The average Bonchev–Trinajstić information content (AvgIpc) is 3.31. The molecule has 0 unspecified atom stereocenters. The molecular formula is C17H22FN3O3S. The monoisotopic (exact) mass is 367 g/mol. The molecule has 3 aliphatic rings. The summed E-state index contributed by atoms with van der Waals surface area (Å²) in [6.45, 7) is 3.17. The number of thioether (sulfide) groups is 1. The Balaban J connectivity index is 1.57. The Labute approximate surface area is 150 Å². The molecule has 3 heterocycles. The molecule has 0 spiro atoms. The molecule has 1 fully saturated rings. The van der Waals surface area contributed by atoms with E-state index in [1.807, 2.05) is 6.92 Å². The van der Waals surface area contributed by atoms with Gasteiger partial charge in [0.2, 0.25) is 17.7 Å². The van der Waals surface area contributed by atoms with Crippen LogP contribution in [-0.4, -0.2) is 82.9 Å². The molecule has 1 atom stereocenters. The van der Waals surface area contributed by atoms with Gasteiger partial charge in [0.05, 0.1) is 5.88 Å². The molecule has 3 amide bonds. The van der Waals surface area contributed by atoms with Crippen molar-refractivity contribution in [3.63, 3.8) is 0 Å². The number of nitrogens with zero attached hydrogens (tertiary/aromatic N) is 3. The molecule has 0 aliphatic carbocycles. The number of amides is 3. The lowest BCUT2D eigenvalue weighted by molar-refractivity contribution is -0.142. The van der Waals surface area contributed by atoms with Crippen LogP contribution in [0, 0.1) is 0 Å². The van der Waals surface area contributed by atoms with Crippen molar-refractivity contribution in [2.45, 2.75) is 19.4 Å². The minimum atomic E-state index is -0.651. The highest BCUT2D eigenvalue weighted by Gasteiger charge is 2.40. The second kappa shape index (κ2) is 7.59. The fraction of sp³-hybridized carbons (Fsp3) is 0.588. The van der Waals surface area contributed by atoms with Gasteiger partial charge in [0.1, 0.15) is 12.7 Å². The number of carbonyl (C=O) groups excluding carboxylic acids is 3. The highest BCUT2D eigenvalue weighted by atomic mass is 32.2. The topological polar surface area (TPSA) is 60.9 Å². The van der Waals surface area contributed by atoms with E-state index >= 15 is 0 Å². The van der Waals surface area contributed by atoms with Gasteiger partial charge in [-0.3, -0.25) is 14.4 Å². The Morgan fingerprint density at radius 2 is 1.80 bits per heavy atom. The maximum atomic E-state index is 12.8. The van der Waals surface area contributed by atoms with E-state index in [0.717, 1.165) is 11.1 Å². The standard InChI is InChI=1S/C17H22FN3O3S/c1-2-15(22)21-11-25-10-14(21)17(24)20-8-12-6-19(7-13(12)9-20)16(23)4-3-5-18/h3-4,14H,2,5-11H2,1H3/b4-3+/t14-/m0/s1. The molecule has 0 N–H and O–H groups in total. The van der Waals surface area contributed by atoms with Crippen LogP contribution in [0.4, 0.5) is 4.39 Å². The van der Waals surface area contributed by atoms with E-state index in [-0.39, 0.29) is 23.8 Å². The van der Waals surface area contributed by atoms with Gasteiger partial charge in [0.25, 0.3) is 0 Å². The Morgan fingerprint density at radius 1 is 1.16 bits per heavy atom. The summed E-state index contributed by atoms with van der Waals surface area (Å²) >= 11 is 1.61. The van der Waals surface area contributed by atoms with Crippen molar-refractivity contribution in [3.05, 3.63) is 23.3 Å². The highest BCUT2D eigenvalue weighted by molar-refractivity contribution is 7.99. The van der Waals surface area contributed by atoms with Crippen LogP contribution in [0.5, 0.6) is 0 Å². The zero-order valence-corrected chi connectivity index (χ0v) is 15.1. The molecule has 3 rings (SSSR count). The number of halogens is 1. The van der Waals surface area contributed by atoms with Crippen molar-refractivity contribution in [2.75, 3.05) is 44.5 Å². The first-order chi connectivity index (χ1) is 12.0. The first-order valence-corrected chi connectivity index (χ1v) is 9.57. The van der Waals surface area contributed by atoms with Gasteiger partial charge < -0.3 is 14.7 Å². The Morgan fingerprint density at radius 3 is 2.40 bits per heavy atom. The minimum absolute atomic E-state index is 0.00333. The molecule has 3 aliphatic heterocycles. The molecule has 0 aromatic rings. The summed E-state index contributed by atoms with van der Waals surface area (Å²) in [7, 11) is 0. The van der Waals surface area contributed by atoms with Crippen LogP contribution in [0.3, 0.4) is 0 Å². The number of hydrogen-bond acceptors (Lipinski definition) is 4. The lowest BCUT2D eigenvalue weighted by Gasteiger charge is -2.28. The first kappa shape index (κ1) is 18.0. The number of hydrogen-bond donors (Lipinski definition) is 0. The SMILES string of the molecule is CCC(=O)N1CSC[C@H]1C(=O)N1CC2=C(CN(C(=O)/C=C/CF)C2)C1. The molecule has 0 radical (unpaired) electrons. The van der Waals surface area contributed by atoms with Gasteiger partial charge >= 0.3 is 0 Å². The minimum Gasteiger partial charge on any atom is -0.333 e. The second-order valence-electron chi connectivity index (χ2n) is 6.39. The predicted molar refractivity (Wildman–Crippen MR) is 93.6 cm³/mol. The molecular weight excluding hydrogens is 345 g/mol. The predicted octanol–water partition coefficient (Wildman–Crippen LogP) is 0.805. The van der Waals surface area contributed by atoms with Gasteiger partial charge in [-0.1, -0.05) is 6.92 Å². The van der Waals surface area contributed by atoms with Crippen molar-refractivity contribution in [2.24, 2.45) is 0 Å². The summed E-state index contributed by atoms with van der Waals surface area (Å²) in [4.78, 5) is 41.9. The zero-order chi connectivity index (χ0) is 18.0. The lowest BCUT2D eigenvalue weighted by Crippen LogP contribution is -2.49. The Hall–Kier alpha value is -1.83. The van der Waals surface area contributed by atoms with Gasteiger partial charge in [-0.15, -0.1) is 11.8 Å². The summed E-state index contributed by atoms with van der Waals surface area (Å²) in [6, 6.07) is -0.373. The van der Waals surface area contributed by atoms with E-state index in [9.17, 15) is 18.8 Å². The molecule has 0 aromatic heterocycles. The fourth-order valence-corrected chi connectivity index (χ4v) is 4.62. The average molecular weight is 367 g/mol. The van der Waals surface area contributed by atoms with E-state index in [4.69, 9.17) is 0 Å². The fourth-order valence-electron chi connectivity index (χ4n) is 3.45. The summed E-state index contributed by atoms with van der Waals surface area (Å²) in [6.07, 6.45) is 2.87. The highest BCUT2D eigenvalue weighted by Crippen LogP contribution is 2.29. The van der Waals surface area contributed by atoms with Crippen LogP contribution in [0.2, 0.25) is 0 Å². The number of allylic oxidation sites excluding steroid dienone is 1. The summed E-state index contributed by atoms with van der Waals surface area (Å²) < 4.78 is 12.1. The number of alkyl halides is 1. The lowest BCUT2D eigenvalue weighted by atomic mass is 10.2. The number of carbonyl (C=O) groups is 3. The van der Waals surface area contributed by atoms with E-state index in [1.54, 1.807) is 26.5 Å². The maximum Gasteiger partial charge on any atom is 0.246 e. The molecule has 0 bridgehead atoms. The van der Waals surface area contributed by atoms with Crippen molar-refractivity contribution in [3.8, 4) is 0 Å². The molecule has 25 heavy (non-hydrogen) atoms. The molecule has 8 heteroatoms. The maximum absolute atomic E-state index is 12.8. The van der Waals surface area contributed by atoms with Gasteiger partial charge in [-0.2, -0.15) is 0 Å². The molecule has 0 saturated carbocycles. The third-order valence-electron chi connectivity index (χ3n) is 4.79. The third kappa shape index (κ3) is 3.58. The van der Waals surface area contributed by atoms with E-state index < -0.39 is 6.67 Å². The van der Waals surface area contributed by atoms with Crippen molar-refractivity contribution in [1.82, 2.24) is 14.7 Å². The Kier molecular flexibility index (Phi) is 5.46. The quantitative estimate of drug-likeness (QED) is 0.545. The zero-order valence-electron chi connectivity index (χ0n) is 14.2. The first-order valence-electron chi connectivity index (χ1n) is 8.42. The Bertz CT molecular complexity index is 631.